The molecule has 2 fully saturated rings. The summed E-state index contributed by atoms with van der Waals surface area (Å²) in [5, 5.41) is 6.47. The van der Waals surface area contributed by atoms with E-state index in [-0.39, 0.29) is 12.5 Å². The summed E-state index contributed by atoms with van der Waals surface area (Å²) in [6.45, 7) is 6.60. The summed E-state index contributed by atoms with van der Waals surface area (Å²) in [6.07, 6.45) is 3.68. The van der Waals surface area contributed by atoms with Gasteiger partial charge >= 0.3 is 0 Å². The molecule has 0 spiro atoms. The Kier molecular flexibility index (Phi) is 5.14. The Hall–Kier alpha value is -2.75. The van der Waals surface area contributed by atoms with E-state index in [1.807, 2.05) is 0 Å². The smallest absolute Gasteiger partial charge is 0.256 e. The van der Waals surface area contributed by atoms with Crippen molar-refractivity contribution < 1.29 is 14.1 Å². The van der Waals surface area contributed by atoms with Gasteiger partial charge in [-0.15, -0.1) is 0 Å². The van der Waals surface area contributed by atoms with Gasteiger partial charge in [-0.05, 0) is 19.8 Å². The fourth-order valence-electron chi connectivity index (χ4n) is 3.21. The zero-order valence-electron chi connectivity index (χ0n) is 15.3. The number of aromatic nitrogens is 4. The lowest BCUT2D eigenvalue weighted by Crippen LogP contribution is -2.38. The highest BCUT2D eigenvalue weighted by Gasteiger charge is 2.21. The molecule has 0 unspecified atom stereocenters. The van der Waals surface area contributed by atoms with Gasteiger partial charge in [-0.2, -0.15) is 15.0 Å². The van der Waals surface area contributed by atoms with Crippen LogP contribution in [0.4, 0.5) is 11.9 Å². The third-order valence-electron chi connectivity index (χ3n) is 4.74. The lowest BCUT2D eigenvalue weighted by Gasteiger charge is -2.28. The van der Waals surface area contributed by atoms with Crippen LogP contribution in [0.5, 0.6) is 0 Å². The number of nitrogens with one attached hydrogen (secondary N) is 1. The topological polar surface area (TPSA) is 110 Å². The average molecular weight is 373 g/mol. The number of nitrogens with zero attached hydrogens (tertiary/aromatic N) is 6. The molecule has 2 aromatic rings. The predicted octanol–water partition coefficient (Wildman–Crippen LogP) is 0.535. The van der Waals surface area contributed by atoms with E-state index in [1.165, 1.54) is 6.20 Å². The quantitative estimate of drug-likeness (QED) is 0.802. The van der Waals surface area contributed by atoms with Gasteiger partial charge < -0.3 is 24.4 Å². The van der Waals surface area contributed by atoms with Gasteiger partial charge in [0.25, 0.3) is 5.91 Å². The highest BCUT2D eigenvalue weighted by molar-refractivity contribution is 5.94. The average Bonchev–Trinajstić information content (AvgIpc) is 3.38. The molecule has 0 bridgehead atoms. The minimum atomic E-state index is -0.259. The Labute approximate surface area is 156 Å². The largest absolute Gasteiger partial charge is 0.378 e. The second kappa shape index (κ2) is 7.87. The van der Waals surface area contributed by atoms with Crippen LogP contribution in [0.1, 0.15) is 34.8 Å². The maximum atomic E-state index is 12.3. The monoisotopic (exact) mass is 373 g/mol. The second-order valence-corrected chi connectivity index (χ2v) is 6.62. The van der Waals surface area contributed by atoms with Crippen molar-refractivity contribution in [3.8, 4) is 0 Å². The Morgan fingerprint density at radius 3 is 2.37 bits per heavy atom. The van der Waals surface area contributed by atoms with Gasteiger partial charge in [-0.25, -0.2) is 0 Å². The number of aryl methyl sites for hydroxylation is 1. The predicted molar refractivity (Wildman–Crippen MR) is 96.7 cm³/mol. The van der Waals surface area contributed by atoms with E-state index in [9.17, 15) is 4.79 Å². The van der Waals surface area contributed by atoms with Crippen molar-refractivity contribution in [2.45, 2.75) is 26.3 Å². The van der Waals surface area contributed by atoms with Crippen LogP contribution in [0.25, 0.3) is 0 Å². The zero-order chi connectivity index (χ0) is 18.6. The summed E-state index contributed by atoms with van der Waals surface area (Å²) < 4.78 is 10.4. The first kappa shape index (κ1) is 17.7. The van der Waals surface area contributed by atoms with Crippen molar-refractivity contribution in [1.82, 2.24) is 25.4 Å². The van der Waals surface area contributed by atoms with E-state index < -0.39 is 0 Å². The highest BCUT2D eigenvalue weighted by atomic mass is 16.5. The van der Waals surface area contributed by atoms with Crippen molar-refractivity contribution >= 4 is 17.8 Å². The van der Waals surface area contributed by atoms with Crippen LogP contribution in [-0.2, 0) is 11.3 Å². The Balaban J connectivity index is 1.53. The van der Waals surface area contributed by atoms with E-state index in [2.05, 4.69) is 35.2 Å². The summed E-state index contributed by atoms with van der Waals surface area (Å²) in [4.78, 5) is 30.4. The molecule has 2 saturated heterocycles. The molecule has 0 aromatic carbocycles. The molecule has 1 amide bonds. The molecule has 144 valence electrons. The number of rotatable bonds is 5. The second-order valence-electron chi connectivity index (χ2n) is 6.62. The summed E-state index contributed by atoms with van der Waals surface area (Å²) >= 11 is 0. The van der Waals surface area contributed by atoms with Crippen LogP contribution >= 0.6 is 0 Å². The van der Waals surface area contributed by atoms with Gasteiger partial charge in [-0.1, -0.05) is 5.16 Å². The van der Waals surface area contributed by atoms with E-state index in [4.69, 9.17) is 9.26 Å². The van der Waals surface area contributed by atoms with Gasteiger partial charge in [-0.3, -0.25) is 4.79 Å². The molecule has 2 aliphatic rings. The van der Waals surface area contributed by atoms with Crippen molar-refractivity contribution in [3.63, 3.8) is 0 Å². The zero-order valence-corrected chi connectivity index (χ0v) is 15.3. The minimum Gasteiger partial charge on any atom is -0.378 e. The fraction of sp³-hybridized carbons (Fsp3) is 0.588. The Morgan fingerprint density at radius 1 is 1.07 bits per heavy atom. The Bertz CT molecular complexity index is 798. The molecular weight excluding hydrogens is 350 g/mol. The molecule has 0 saturated carbocycles. The number of ether oxygens (including phenoxy) is 1. The van der Waals surface area contributed by atoms with Crippen LogP contribution in [0.2, 0.25) is 0 Å². The number of hydrogen-bond donors (Lipinski definition) is 1. The summed E-state index contributed by atoms with van der Waals surface area (Å²) in [6, 6.07) is 0. The van der Waals surface area contributed by atoms with Crippen LogP contribution < -0.4 is 15.1 Å². The number of morpholine rings is 1. The fourth-order valence-corrected chi connectivity index (χ4v) is 3.21. The molecule has 10 heteroatoms. The molecule has 4 rings (SSSR count). The molecule has 2 aliphatic heterocycles. The highest BCUT2D eigenvalue weighted by Crippen LogP contribution is 2.19. The number of hydrogen-bond acceptors (Lipinski definition) is 9. The first-order valence-electron chi connectivity index (χ1n) is 9.23. The standard InChI is InChI=1S/C17H23N7O3/c1-12-13(10-19-27-12)15(25)18-11-14-20-16(23-4-2-3-5-23)22-17(21-14)24-6-8-26-9-7-24/h10H,2-9,11H2,1H3,(H,18,25). The Morgan fingerprint density at radius 2 is 1.74 bits per heavy atom. The van der Waals surface area contributed by atoms with Gasteiger partial charge in [0.05, 0.1) is 26.0 Å². The lowest BCUT2D eigenvalue weighted by molar-refractivity contribution is 0.0948. The maximum absolute atomic E-state index is 12.3. The van der Waals surface area contributed by atoms with Crippen molar-refractivity contribution in [3.05, 3.63) is 23.3 Å². The molecule has 0 aliphatic carbocycles. The number of amides is 1. The molecule has 2 aromatic heterocycles. The third kappa shape index (κ3) is 4.00. The van der Waals surface area contributed by atoms with Crippen molar-refractivity contribution in [1.29, 1.82) is 0 Å². The van der Waals surface area contributed by atoms with Crippen LogP contribution in [-0.4, -0.2) is 65.4 Å². The van der Waals surface area contributed by atoms with Crippen molar-refractivity contribution in [2.24, 2.45) is 0 Å². The number of carbonyl (C=O) groups is 1. The van der Waals surface area contributed by atoms with Crippen LogP contribution in [0, 0.1) is 6.92 Å². The first-order valence-corrected chi connectivity index (χ1v) is 9.23. The summed E-state index contributed by atoms with van der Waals surface area (Å²) in [5.41, 5.74) is 0.414. The normalized spacial score (nSPS) is 17.4. The van der Waals surface area contributed by atoms with Gasteiger partial charge in [0.2, 0.25) is 11.9 Å². The van der Waals surface area contributed by atoms with E-state index in [1.54, 1.807) is 6.92 Å². The molecule has 1 N–H and O–H groups in total. The molecule has 0 radical (unpaired) electrons. The first-order chi connectivity index (χ1) is 13.2. The molecule has 10 nitrogen and oxygen atoms in total. The third-order valence-corrected chi connectivity index (χ3v) is 4.74. The molecular formula is C17H23N7O3. The maximum Gasteiger partial charge on any atom is 0.256 e. The summed E-state index contributed by atoms with van der Waals surface area (Å²) in [7, 11) is 0. The number of carbonyl (C=O) groups excluding carboxylic acids is 1. The van der Waals surface area contributed by atoms with Gasteiger partial charge in [0.1, 0.15) is 11.3 Å². The van der Waals surface area contributed by atoms with Crippen LogP contribution in [0.15, 0.2) is 10.7 Å². The SMILES string of the molecule is Cc1oncc1C(=O)NCc1nc(N2CCCC2)nc(N2CCOCC2)n1. The molecule has 0 atom stereocenters. The van der Waals surface area contributed by atoms with E-state index in [0.717, 1.165) is 39.0 Å². The minimum absolute atomic E-state index is 0.212. The van der Waals surface area contributed by atoms with Gasteiger partial charge in [0.15, 0.2) is 5.82 Å². The number of anilines is 2. The lowest BCUT2D eigenvalue weighted by atomic mass is 10.2. The summed E-state index contributed by atoms with van der Waals surface area (Å²) in [5.74, 6) is 2.07. The van der Waals surface area contributed by atoms with E-state index in [0.29, 0.717) is 42.3 Å². The van der Waals surface area contributed by atoms with Gasteiger partial charge in [0, 0.05) is 26.2 Å². The van der Waals surface area contributed by atoms with Crippen LogP contribution in [0.3, 0.4) is 0 Å². The molecule has 27 heavy (non-hydrogen) atoms. The van der Waals surface area contributed by atoms with E-state index >= 15 is 0 Å². The molecule has 4 heterocycles. The van der Waals surface area contributed by atoms with Crippen molar-refractivity contribution in [2.75, 3.05) is 49.2 Å².